The van der Waals surface area contributed by atoms with Gasteiger partial charge < -0.3 is 10.6 Å². The van der Waals surface area contributed by atoms with Crippen molar-refractivity contribution >= 4 is 17.3 Å². The van der Waals surface area contributed by atoms with E-state index in [9.17, 15) is 4.39 Å². The molecule has 0 saturated heterocycles. The molecule has 0 saturated carbocycles. The molecule has 5 heteroatoms. The molecule has 2 aromatic rings. The van der Waals surface area contributed by atoms with Crippen molar-refractivity contribution in [2.75, 3.05) is 13.1 Å². The molecule has 118 valence electrons. The number of halogens is 1. The molecule has 2 rings (SSSR count). The fraction of sp³-hybridized carbons (Fsp3) is 0.353. The van der Waals surface area contributed by atoms with Crippen molar-refractivity contribution < 1.29 is 4.39 Å². The van der Waals surface area contributed by atoms with Crippen molar-refractivity contribution in [2.24, 2.45) is 4.99 Å². The summed E-state index contributed by atoms with van der Waals surface area (Å²) >= 11 is 1.71. The second-order valence-corrected chi connectivity index (χ2v) is 5.91. The number of hydrogen-bond donors (Lipinski definition) is 2. The summed E-state index contributed by atoms with van der Waals surface area (Å²) < 4.78 is 13.6. The first-order chi connectivity index (χ1) is 10.7. The molecule has 0 aliphatic rings. The van der Waals surface area contributed by atoms with Gasteiger partial charge in [-0.15, -0.1) is 0 Å². The number of guanidine groups is 1. The lowest BCUT2D eigenvalue weighted by Crippen LogP contribution is -2.39. The smallest absolute Gasteiger partial charge is 0.191 e. The minimum atomic E-state index is -0.214. The van der Waals surface area contributed by atoms with Gasteiger partial charge in [0.1, 0.15) is 5.82 Å². The Balaban J connectivity index is 1.94. The normalized spacial score (nSPS) is 13.0. The summed E-state index contributed by atoms with van der Waals surface area (Å²) in [6.45, 7) is 6.09. The Morgan fingerprint density at radius 1 is 1.27 bits per heavy atom. The van der Waals surface area contributed by atoms with Gasteiger partial charge in [0, 0.05) is 18.7 Å². The summed E-state index contributed by atoms with van der Waals surface area (Å²) in [4.78, 5) is 4.45. The first-order valence-electron chi connectivity index (χ1n) is 7.48. The van der Waals surface area contributed by atoms with Crippen LogP contribution in [0, 0.1) is 5.82 Å². The van der Waals surface area contributed by atoms with Gasteiger partial charge in [0.15, 0.2) is 5.96 Å². The maximum atomic E-state index is 13.6. The van der Waals surface area contributed by atoms with Crippen LogP contribution in [0.3, 0.4) is 0 Å². The molecule has 0 amide bonds. The zero-order valence-electron chi connectivity index (χ0n) is 13.0. The minimum absolute atomic E-state index is 0.214. The number of benzene rings is 1. The van der Waals surface area contributed by atoms with Crippen LogP contribution in [-0.2, 0) is 6.54 Å². The molecule has 1 atom stereocenters. The van der Waals surface area contributed by atoms with Crippen LogP contribution in [0.4, 0.5) is 4.39 Å². The third-order valence-electron chi connectivity index (χ3n) is 3.40. The molecule has 1 unspecified atom stereocenters. The zero-order chi connectivity index (χ0) is 15.8. The van der Waals surface area contributed by atoms with Gasteiger partial charge >= 0.3 is 0 Å². The molecule has 0 spiro atoms. The number of aliphatic imine (C=N–C) groups is 1. The molecule has 3 nitrogen and oxygen atoms in total. The van der Waals surface area contributed by atoms with E-state index in [1.807, 2.05) is 13.0 Å². The van der Waals surface area contributed by atoms with E-state index in [1.165, 1.54) is 11.6 Å². The number of nitrogens with one attached hydrogen (secondary N) is 2. The highest BCUT2D eigenvalue weighted by Crippen LogP contribution is 2.17. The third kappa shape index (κ3) is 4.84. The zero-order valence-corrected chi connectivity index (χ0v) is 13.8. The topological polar surface area (TPSA) is 36.4 Å². The number of thiophene rings is 1. The summed E-state index contributed by atoms with van der Waals surface area (Å²) in [5, 5.41) is 10.8. The first-order valence-corrected chi connectivity index (χ1v) is 8.42. The standard InChI is InChI=1S/C17H22FN3S/c1-3-19-17(20-10-13(2)15-8-9-22-12-15)21-11-14-6-4-5-7-16(14)18/h4-9,12-13H,3,10-11H2,1-2H3,(H2,19,20,21). The highest BCUT2D eigenvalue weighted by atomic mass is 32.1. The molecule has 1 aromatic heterocycles. The van der Waals surface area contributed by atoms with Crippen LogP contribution in [-0.4, -0.2) is 19.0 Å². The molecule has 0 aliphatic heterocycles. The van der Waals surface area contributed by atoms with Crippen molar-refractivity contribution in [3.63, 3.8) is 0 Å². The monoisotopic (exact) mass is 319 g/mol. The Hall–Kier alpha value is -1.88. The highest BCUT2D eigenvalue weighted by molar-refractivity contribution is 7.07. The van der Waals surface area contributed by atoms with Crippen molar-refractivity contribution in [1.82, 2.24) is 10.6 Å². The lowest BCUT2D eigenvalue weighted by molar-refractivity contribution is 0.610. The average molecular weight is 319 g/mol. The lowest BCUT2D eigenvalue weighted by atomic mass is 10.1. The van der Waals surface area contributed by atoms with E-state index in [0.717, 1.165) is 13.1 Å². The second-order valence-electron chi connectivity index (χ2n) is 5.13. The number of hydrogen-bond acceptors (Lipinski definition) is 2. The highest BCUT2D eigenvalue weighted by Gasteiger charge is 2.07. The van der Waals surface area contributed by atoms with Crippen LogP contribution in [0.2, 0.25) is 0 Å². The van der Waals surface area contributed by atoms with Crippen molar-refractivity contribution in [1.29, 1.82) is 0 Å². The Morgan fingerprint density at radius 3 is 2.77 bits per heavy atom. The van der Waals surface area contributed by atoms with Gasteiger partial charge in [-0.05, 0) is 41.3 Å². The van der Waals surface area contributed by atoms with Gasteiger partial charge in [-0.25, -0.2) is 9.38 Å². The van der Waals surface area contributed by atoms with Gasteiger partial charge in [0.25, 0.3) is 0 Å². The maximum Gasteiger partial charge on any atom is 0.191 e. The van der Waals surface area contributed by atoms with Crippen LogP contribution in [0.25, 0.3) is 0 Å². The molecule has 1 heterocycles. The van der Waals surface area contributed by atoms with Gasteiger partial charge in [-0.2, -0.15) is 11.3 Å². The summed E-state index contributed by atoms with van der Waals surface area (Å²) in [5.74, 6) is 0.908. The number of nitrogens with zero attached hydrogens (tertiary/aromatic N) is 1. The molecule has 0 fully saturated rings. The van der Waals surface area contributed by atoms with Crippen LogP contribution < -0.4 is 10.6 Å². The molecule has 22 heavy (non-hydrogen) atoms. The van der Waals surface area contributed by atoms with E-state index in [2.05, 4.69) is 39.4 Å². The van der Waals surface area contributed by atoms with Gasteiger partial charge in [-0.3, -0.25) is 0 Å². The maximum absolute atomic E-state index is 13.6. The van der Waals surface area contributed by atoms with Crippen molar-refractivity contribution in [3.05, 3.63) is 58.0 Å². The average Bonchev–Trinajstić information content (AvgIpc) is 3.05. The number of rotatable bonds is 6. The summed E-state index contributed by atoms with van der Waals surface area (Å²) in [6, 6.07) is 8.88. The van der Waals surface area contributed by atoms with Crippen LogP contribution >= 0.6 is 11.3 Å². The van der Waals surface area contributed by atoms with Gasteiger partial charge in [0.2, 0.25) is 0 Å². The molecule has 0 radical (unpaired) electrons. The second kappa shape index (κ2) is 8.54. The Morgan fingerprint density at radius 2 is 2.09 bits per heavy atom. The quantitative estimate of drug-likeness (QED) is 0.628. The molecule has 0 aliphatic carbocycles. The van der Waals surface area contributed by atoms with Crippen molar-refractivity contribution in [2.45, 2.75) is 26.3 Å². The van der Waals surface area contributed by atoms with E-state index in [1.54, 1.807) is 23.5 Å². The SMILES string of the molecule is CCNC(=NCc1ccccc1F)NCC(C)c1ccsc1. The molecular weight excluding hydrogens is 297 g/mol. The van der Waals surface area contributed by atoms with Gasteiger partial charge in [0.05, 0.1) is 6.54 Å². The van der Waals surface area contributed by atoms with Crippen LogP contribution in [0.15, 0.2) is 46.1 Å². The first kappa shape index (κ1) is 16.5. The molecule has 0 bridgehead atoms. The fourth-order valence-corrected chi connectivity index (χ4v) is 2.84. The molecule has 2 N–H and O–H groups in total. The van der Waals surface area contributed by atoms with E-state index in [0.29, 0.717) is 24.0 Å². The minimum Gasteiger partial charge on any atom is -0.357 e. The van der Waals surface area contributed by atoms with Crippen molar-refractivity contribution in [3.8, 4) is 0 Å². The predicted molar refractivity (Wildman–Crippen MR) is 92.0 cm³/mol. The lowest BCUT2D eigenvalue weighted by Gasteiger charge is -2.15. The molecular formula is C17H22FN3S. The predicted octanol–water partition coefficient (Wildman–Crippen LogP) is 3.75. The summed E-state index contributed by atoms with van der Waals surface area (Å²) in [6.07, 6.45) is 0. The fourth-order valence-electron chi connectivity index (χ4n) is 2.06. The van der Waals surface area contributed by atoms with E-state index < -0.39 is 0 Å². The summed E-state index contributed by atoms with van der Waals surface area (Å²) in [5.41, 5.74) is 1.92. The van der Waals surface area contributed by atoms with E-state index >= 15 is 0 Å². The third-order valence-corrected chi connectivity index (χ3v) is 4.10. The van der Waals surface area contributed by atoms with Crippen LogP contribution in [0.5, 0.6) is 0 Å². The Kier molecular flexibility index (Phi) is 6.40. The van der Waals surface area contributed by atoms with Gasteiger partial charge in [-0.1, -0.05) is 25.1 Å². The van der Waals surface area contributed by atoms with E-state index in [4.69, 9.17) is 0 Å². The molecule has 1 aromatic carbocycles. The Labute approximate surface area is 135 Å². The van der Waals surface area contributed by atoms with Crippen LogP contribution in [0.1, 0.15) is 30.9 Å². The largest absolute Gasteiger partial charge is 0.357 e. The Bertz CT molecular complexity index is 596. The van der Waals surface area contributed by atoms with E-state index in [-0.39, 0.29) is 5.82 Å². The summed E-state index contributed by atoms with van der Waals surface area (Å²) in [7, 11) is 0.